The van der Waals surface area contributed by atoms with Crippen molar-refractivity contribution in [1.29, 1.82) is 0 Å². The molecule has 3 aromatic carbocycles. The topological polar surface area (TPSA) is 42.1 Å². The molecule has 0 saturated heterocycles. The lowest BCUT2D eigenvalue weighted by atomic mass is 9.93. The third-order valence-corrected chi connectivity index (χ3v) is 4.84. The zero-order valence-corrected chi connectivity index (χ0v) is 15.7. The molecule has 1 N–H and O–H groups in total. The van der Waals surface area contributed by atoms with Crippen LogP contribution in [0.3, 0.4) is 0 Å². The van der Waals surface area contributed by atoms with Crippen LogP contribution in [0.4, 0.5) is 0 Å². The Morgan fingerprint density at radius 3 is 2.30 bits per heavy atom. The second kappa shape index (κ2) is 6.76. The monoisotopic (exact) mass is 355 g/mol. The van der Waals surface area contributed by atoms with Crippen molar-refractivity contribution < 1.29 is 4.74 Å². The lowest BCUT2D eigenvalue weighted by Gasteiger charge is -2.15. The Hall–Kier alpha value is -3.33. The van der Waals surface area contributed by atoms with Crippen molar-refractivity contribution in [2.24, 2.45) is 0 Å². The molecule has 3 heteroatoms. The summed E-state index contributed by atoms with van der Waals surface area (Å²) in [5.41, 5.74) is 6.04. The third kappa shape index (κ3) is 3.13. The molecule has 0 saturated carbocycles. The molecule has 0 unspecified atom stereocenters. The van der Waals surface area contributed by atoms with Crippen LogP contribution in [0.15, 0.2) is 71.5 Å². The molecule has 1 aromatic heterocycles. The molecule has 0 atom stereocenters. The van der Waals surface area contributed by atoms with Gasteiger partial charge in [0.2, 0.25) is 0 Å². The van der Waals surface area contributed by atoms with Gasteiger partial charge in [-0.05, 0) is 54.6 Å². The van der Waals surface area contributed by atoms with E-state index >= 15 is 0 Å². The largest absolute Gasteiger partial charge is 0.497 e. The van der Waals surface area contributed by atoms with E-state index in [1.54, 1.807) is 7.11 Å². The van der Waals surface area contributed by atoms with E-state index in [1.165, 1.54) is 0 Å². The minimum Gasteiger partial charge on any atom is -0.497 e. The minimum atomic E-state index is -0.0758. The van der Waals surface area contributed by atoms with Crippen LogP contribution in [0.5, 0.6) is 5.75 Å². The molecule has 0 aliphatic heterocycles. The van der Waals surface area contributed by atoms with Gasteiger partial charge in [-0.2, -0.15) is 0 Å². The second-order valence-corrected chi connectivity index (χ2v) is 6.85. The zero-order valence-electron chi connectivity index (χ0n) is 15.7. The second-order valence-electron chi connectivity index (χ2n) is 6.85. The zero-order chi connectivity index (χ0) is 19.0. The summed E-state index contributed by atoms with van der Waals surface area (Å²) >= 11 is 0. The fourth-order valence-electron chi connectivity index (χ4n) is 3.54. The molecule has 0 amide bonds. The molecule has 0 fully saturated rings. The Morgan fingerprint density at radius 2 is 1.52 bits per heavy atom. The van der Waals surface area contributed by atoms with Crippen LogP contribution in [0, 0.1) is 13.8 Å². The molecular weight excluding hydrogens is 334 g/mol. The highest BCUT2D eigenvalue weighted by molar-refractivity contribution is 6.02. The van der Waals surface area contributed by atoms with Crippen LogP contribution in [0.25, 0.3) is 33.2 Å². The van der Waals surface area contributed by atoms with Gasteiger partial charge in [-0.25, -0.2) is 0 Å². The van der Waals surface area contributed by atoms with Crippen LogP contribution in [-0.2, 0) is 0 Å². The number of aryl methyl sites for hydroxylation is 2. The summed E-state index contributed by atoms with van der Waals surface area (Å²) in [6.07, 6.45) is 0. The molecule has 0 spiro atoms. The summed E-state index contributed by atoms with van der Waals surface area (Å²) in [5.74, 6) is 0.787. The predicted molar refractivity (Wildman–Crippen MR) is 111 cm³/mol. The van der Waals surface area contributed by atoms with Crippen molar-refractivity contribution in [3.05, 3.63) is 88.2 Å². The Bertz CT molecular complexity index is 1200. The van der Waals surface area contributed by atoms with Crippen molar-refractivity contribution in [3.8, 4) is 28.1 Å². The van der Waals surface area contributed by atoms with Gasteiger partial charge >= 0.3 is 0 Å². The maximum Gasteiger partial charge on any atom is 0.256 e. The van der Waals surface area contributed by atoms with Crippen LogP contribution >= 0.6 is 0 Å². The number of ether oxygens (including phenoxy) is 1. The molecule has 4 rings (SSSR count). The van der Waals surface area contributed by atoms with Crippen molar-refractivity contribution >= 4 is 10.8 Å². The summed E-state index contributed by atoms with van der Waals surface area (Å²) in [4.78, 5) is 15.9. The van der Waals surface area contributed by atoms with Crippen molar-refractivity contribution in [3.63, 3.8) is 0 Å². The van der Waals surface area contributed by atoms with Crippen LogP contribution in [0.1, 0.15) is 11.1 Å². The first-order chi connectivity index (χ1) is 13.1. The number of H-pyrrole nitrogens is 1. The average Bonchev–Trinajstić information content (AvgIpc) is 2.67. The molecule has 0 aliphatic carbocycles. The minimum absolute atomic E-state index is 0.0758. The van der Waals surface area contributed by atoms with Crippen molar-refractivity contribution in [1.82, 2.24) is 4.98 Å². The van der Waals surface area contributed by atoms with Gasteiger partial charge in [0.1, 0.15) is 5.75 Å². The first kappa shape index (κ1) is 17.1. The highest BCUT2D eigenvalue weighted by atomic mass is 16.5. The Morgan fingerprint density at radius 1 is 0.778 bits per heavy atom. The number of benzene rings is 3. The number of pyridine rings is 1. The molecule has 4 aromatic rings. The number of aromatic nitrogens is 1. The smallest absolute Gasteiger partial charge is 0.256 e. The third-order valence-electron chi connectivity index (χ3n) is 4.84. The van der Waals surface area contributed by atoms with Gasteiger partial charge in [0.15, 0.2) is 0 Å². The van der Waals surface area contributed by atoms with Gasteiger partial charge in [-0.15, -0.1) is 0 Å². The first-order valence-electron chi connectivity index (χ1n) is 8.95. The lowest BCUT2D eigenvalue weighted by molar-refractivity contribution is 0.415. The van der Waals surface area contributed by atoms with Crippen molar-refractivity contribution in [2.75, 3.05) is 7.11 Å². The normalized spacial score (nSPS) is 10.9. The summed E-state index contributed by atoms with van der Waals surface area (Å²) in [7, 11) is 1.66. The van der Waals surface area contributed by atoms with Crippen LogP contribution in [0.2, 0.25) is 0 Å². The molecule has 0 aliphatic rings. The van der Waals surface area contributed by atoms with Gasteiger partial charge in [0, 0.05) is 10.9 Å². The van der Waals surface area contributed by atoms with Crippen LogP contribution in [-0.4, -0.2) is 12.1 Å². The van der Waals surface area contributed by atoms with E-state index in [0.29, 0.717) is 5.39 Å². The first-order valence-corrected chi connectivity index (χ1v) is 8.95. The van der Waals surface area contributed by atoms with Gasteiger partial charge in [0.25, 0.3) is 5.56 Å². The molecule has 0 bridgehead atoms. The molecule has 134 valence electrons. The Labute approximate surface area is 158 Å². The van der Waals surface area contributed by atoms with E-state index in [-0.39, 0.29) is 5.56 Å². The fourth-order valence-corrected chi connectivity index (χ4v) is 3.54. The number of rotatable bonds is 3. The van der Waals surface area contributed by atoms with Gasteiger partial charge < -0.3 is 9.72 Å². The van der Waals surface area contributed by atoms with E-state index in [9.17, 15) is 4.79 Å². The van der Waals surface area contributed by atoms with E-state index in [1.807, 2.05) is 49.4 Å². The van der Waals surface area contributed by atoms with Crippen molar-refractivity contribution in [2.45, 2.75) is 13.8 Å². The molecular formula is C24H21NO2. The van der Waals surface area contributed by atoms with Gasteiger partial charge in [-0.3, -0.25) is 4.79 Å². The number of methoxy groups -OCH3 is 1. The van der Waals surface area contributed by atoms with E-state index < -0.39 is 0 Å². The Kier molecular flexibility index (Phi) is 4.28. The highest BCUT2D eigenvalue weighted by Gasteiger charge is 2.16. The van der Waals surface area contributed by atoms with E-state index in [2.05, 4.69) is 36.2 Å². The molecule has 3 nitrogen and oxygen atoms in total. The predicted octanol–water partition coefficient (Wildman–Crippen LogP) is 5.49. The fraction of sp³-hybridized carbons (Fsp3) is 0.125. The summed E-state index contributed by atoms with van der Waals surface area (Å²) in [5, 5.41) is 1.64. The summed E-state index contributed by atoms with van der Waals surface area (Å²) < 4.78 is 5.43. The quantitative estimate of drug-likeness (QED) is 0.528. The van der Waals surface area contributed by atoms with E-state index in [4.69, 9.17) is 4.74 Å². The SMILES string of the molecule is COc1cccc(-c2c(-c3cccc(C)c3)[nH]c(=O)c3ccc(C)cc23)c1. The van der Waals surface area contributed by atoms with Gasteiger partial charge in [0.05, 0.1) is 12.8 Å². The molecule has 0 radical (unpaired) electrons. The van der Waals surface area contributed by atoms with Crippen LogP contribution < -0.4 is 10.3 Å². The number of hydrogen-bond acceptors (Lipinski definition) is 2. The Balaban J connectivity index is 2.15. The summed E-state index contributed by atoms with van der Waals surface area (Å²) in [6, 6.07) is 22.1. The number of hydrogen-bond donors (Lipinski definition) is 1. The standard InChI is InChI=1S/C24H21NO2/c1-15-6-4-8-18(12-15)23-22(17-7-5-9-19(14-17)27-3)21-13-16(2)10-11-20(21)24(26)25-23/h4-14H,1-3H3,(H,25,26). The maximum absolute atomic E-state index is 12.8. The number of aromatic amines is 1. The molecule has 27 heavy (non-hydrogen) atoms. The lowest BCUT2D eigenvalue weighted by Crippen LogP contribution is -2.09. The summed E-state index contributed by atoms with van der Waals surface area (Å²) in [6.45, 7) is 4.10. The number of fused-ring (bicyclic) bond motifs is 1. The van der Waals surface area contributed by atoms with Gasteiger partial charge in [-0.1, -0.05) is 53.6 Å². The maximum atomic E-state index is 12.8. The van der Waals surface area contributed by atoms with E-state index in [0.717, 1.165) is 44.6 Å². The number of nitrogens with one attached hydrogen (secondary N) is 1. The molecule has 1 heterocycles. The average molecular weight is 355 g/mol. The highest BCUT2D eigenvalue weighted by Crippen LogP contribution is 2.37.